The van der Waals surface area contributed by atoms with Crippen LogP contribution in [0.5, 0.6) is 11.5 Å². The quantitative estimate of drug-likeness (QED) is 0.848. The minimum Gasteiger partial charge on any atom is -0.496 e. The molecule has 1 aromatic carbocycles. The van der Waals surface area contributed by atoms with Crippen LogP contribution in [0.3, 0.4) is 0 Å². The Labute approximate surface area is 101 Å². The molecule has 0 bridgehead atoms. The standard InChI is InChI=1S/C13H17NO3/c1-8(15)7-17-13-4-3-12(16-2)10-5-9(14)6-11(10)13/h3-4,9H,5-7,14H2,1-2H3. The molecule has 2 rings (SSSR count). The molecule has 0 aliphatic heterocycles. The summed E-state index contributed by atoms with van der Waals surface area (Å²) in [6.45, 7) is 1.61. The second-order valence-corrected chi connectivity index (χ2v) is 4.38. The summed E-state index contributed by atoms with van der Waals surface area (Å²) in [5, 5.41) is 0. The number of carbonyl (C=O) groups excluding carboxylic acids is 1. The van der Waals surface area contributed by atoms with Crippen molar-refractivity contribution in [1.82, 2.24) is 0 Å². The van der Waals surface area contributed by atoms with Crippen LogP contribution in [0.2, 0.25) is 0 Å². The molecule has 0 saturated heterocycles. The van der Waals surface area contributed by atoms with Crippen molar-refractivity contribution in [3.8, 4) is 11.5 Å². The Hall–Kier alpha value is -1.55. The van der Waals surface area contributed by atoms with Crippen molar-refractivity contribution >= 4 is 5.78 Å². The number of benzene rings is 1. The van der Waals surface area contributed by atoms with Crippen LogP contribution in [-0.4, -0.2) is 25.5 Å². The second kappa shape index (κ2) is 4.75. The summed E-state index contributed by atoms with van der Waals surface area (Å²) < 4.78 is 10.8. The van der Waals surface area contributed by atoms with Crippen molar-refractivity contribution in [2.75, 3.05) is 13.7 Å². The van der Waals surface area contributed by atoms with E-state index in [2.05, 4.69) is 0 Å². The van der Waals surface area contributed by atoms with Crippen LogP contribution in [0.4, 0.5) is 0 Å². The average molecular weight is 235 g/mol. The molecule has 0 fully saturated rings. The van der Waals surface area contributed by atoms with Gasteiger partial charge in [0, 0.05) is 17.2 Å². The van der Waals surface area contributed by atoms with Gasteiger partial charge in [-0.25, -0.2) is 0 Å². The van der Waals surface area contributed by atoms with E-state index in [1.54, 1.807) is 7.11 Å². The molecule has 0 spiro atoms. The molecule has 0 aromatic heterocycles. The molecule has 2 N–H and O–H groups in total. The first-order valence-electron chi connectivity index (χ1n) is 5.68. The smallest absolute Gasteiger partial charge is 0.167 e. The Kier molecular flexibility index (Phi) is 3.33. The molecule has 0 heterocycles. The summed E-state index contributed by atoms with van der Waals surface area (Å²) in [6, 6.07) is 3.83. The monoisotopic (exact) mass is 235 g/mol. The lowest BCUT2D eigenvalue weighted by molar-refractivity contribution is -0.118. The maximum absolute atomic E-state index is 10.9. The van der Waals surface area contributed by atoms with Gasteiger partial charge in [0.05, 0.1) is 7.11 Å². The number of fused-ring (bicyclic) bond motifs is 1. The molecular formula is C13H17NO3. The zero-order valence-corrected chi connectivity index (χ0v) is 10.2. The summed E-state index contributed by atoms with van der Waals surface area (Å²) in [5.74, 6) is 1.61. The highest BCUT2D eigenvalue weighted by atomic mass is 16.5. The SMILES string of the molecule is COc1ccc(OCC(C)=O)c2c1CC(N)C2. The summed E-state index contributed by atoms with van der Waals surface area (Å²) in [6.07, 6.45) is 1.58. The molecule has 4 nitrogen and oxygen atoms in total. The van der Waals surface area contributed by atoms with Gasteiger partial charge in [-0.1, -0.05) is 0 Å². The number of hydrogen-bond acceptors (Lipinski definition) is 4. The van der Waals surface area contributed by atoms with E-state index >= 15 is 0 Å². The van der Waals surface area contributed by atoms with Crippen LogP contribution in [0.25, 0.3) is 0 Å². The van der Waals surface area contributed by atoms with Crippen LogP contribution in [0.15, 0.2) is 12.1 Å². The molecule has 0 saturated carbocycles. The number of Topliss-reactive ketones (excluding diaryl/α,β-unsaturated/α-hetero) is 1. The highest BCUT2D eigenvalue weighted by Gasteiger charge is 2.25. The molecule has 1 atom stereocenters. The molecule has 1 aliphatic rings. The number of ether oxygens (including phenoxy) is 2. The van der Waals surface area contributed by atoms with Crippen molar-refractivity contribution in [3.05, 3.63) is 23.3 Å². The fourth-order valence-electron chi connectivity index (χ4n) is 2.20. The van der Waals surface area contributed by atoms with Gasteiger partial charge in [0.15, 0.2) is 5.78 Å². The van der Waals surface area contributed by atoms with Gasteiger partial charge >= 0.3 is 0 Å². The number of ketones is 1. The van der Waals surface area contributed by atoms with Gasteiger partial charge in [-0.15, -0.1) is 0 Å². The predicted octanol–water partition coefficient (Wildman–Crippen LogP) is 1.09. The molecule has 0 radical (unpaired) electrons. The summed E-state index contributed by atoms with van der Waals surface area (Å²) in [5.41, 5.74) is 8.15. The molecule has 17 heavy (non-hydrogen) atoms. The third kappa shape index (κ3) is 2.42. The van der Waals surface area contributed by atoms with Crippen molar-refractivity contribution in [2.24, 2.45) is 5.73 Å². The molecule has 1 aliphatic carbocycles. The average Bonchev–Trinajstić information content (AvgIpc) is 2.67. The summed E-state index contributed by atoms with van der Waals surface area (Å²) in [4.78, 5) is 10.9. The maximum Gasteiger partial charge on any atom is 0.167 e. The highest BCUT2D eigenvalue weighted by molar-refractivity contribution is 5.77. The topological polar surface area (TPSA) is 61.5 Å². The molecule has 92 valence electrons. The maximum atomic E-state index is 10.9. The third-order valence-corrected chi connectivity index (χ3v) is 2.93. The van der Waals surface area contributed by atoms with Gasteiger partial charge in [0.25, 0.3) is 0 Å². The van der Waals surface area contributed by atoms with Crippen molar-refractivity contribution in [1.29, 1.82) is 0 Å². The van der Waals surface area contributed by atoms with Gasteiger partial charge in [0.2, 0.25) is 0 Å². The van der Waals surface area contributed by atoms with Crippen LogP contribution < -0.4 is 15.2 Å². The van der Waals surface area contributed by atoms with Gasteiger partial charge in [-0.2, -0.15) is 0 Å². The molecular weight excluding hydrogens is 218 g/mol. The van der Waals surface area contributed by atoms with E-state index in [-0.39, 0.29) is 18.4 Å². The largest absolute Gasteiger partial charge is 0.496 e. The Morgan fingerprint density at radius 2 is 1.94 bits per heavy atom. The number of nitrogens with two attached hydrogens (primary N) is 1. The van der Waals surface area contributed by atoms with Gasteiger partial charge < -0.3 is 15.2 Å². The van der Waals surface area contributed by atoms with Gasteiger partial charge in [0.1, 0.15) is 18.1 Å². The Morgan fingerprint density at radius 1 is 1.35 bits per heavy atom. The van der Waals surface area contributed by atoms with Crippen molar-refractivity contribution in [2.45, 2.75) is 25.8 Å². The summed E-state index contributed by atoms with van der Waals surface area (Å²) >= 11 is 0. The first-order chi connectivity index (χ1) is 8.11. The Balaban J connectivity index is 2.30. The van der Waals surface area contributed by atoms with E-state index in [4.69, 9.17) is 15.2 Å². The fourth-order valence-corrected chi connectivity index (χ4v) is 2.20. The van der Waals surface area contributed by atoms with Crippen molar-refractivity contribution < 1.29 is 14.3 Å². The number of carbonyl (C=O) groups is 1. The summed E-state index contributed by atoms with van der Waals surface area (Å²) in [7, 11) is 1.65. The van der Waals surface area contributed by atoms with Crippen LogP contribution in [0, 0.1) is 0 Å². The zero-order chi connectivity index (χ0) is 12.4. The van der Waals surface area contributed by atoms with Crippen LogP contribution in [-0.2, 0) is 17.6 Å². The van der Waals surface area contributed by atoms with Crippen LogP contribution >= 0.6 is 0 Å². The molecule has 4 heteroatoms. The lowest BCUT2D eigenvalue weighted by Crippen LogP contribution is -2.19. The van der Waals surface area contributed by atoms with Crippen LogP contribution in [0.1, 0.15) is 18.1 Å². The third-order valence-electron chi connectivity index (χ3n) is 2.93. The molecule has 0 amide bonds. The second-order valence-electron chi connectivity index (χ2n) is 4.38. The Bertz CT molecular complexity index is 443. The first kappa shape index (κ1) is 11.9. The fraction of sp³-hybridized carbons (Fsp3) is 0.462. The van der Waals surface area contributed by atoms with Gasteiger partial charge in [-0.05, 0) is 31.9 Å². The normalized spacial score (nSPS) is 17.7. The van der Waals surface area contributed by atoms with E-state index in [0.29, 0.717) is 0 Å². The first-order valence-corrected chi connectivity index (χ1v) is 5.68. The molecule has 1 unspecified atom stereocenters. The van der Waals surface area contributed by atoms with E-state index in [0.717, 1.165) is 35.5 Å². The number of rotatable bonds is 4. The van der Waals surface area contributed by atoms with Crippen molar-refractivity contribution in [3.63, 3.8) is 0 Å². The molecule has 1 aromatic rings. The number of methoxy groups -OCH3 is 1. The van der Waals surface area contributed by atoms with E-state index in [1.165, 1.54) is 6.92 Å². The lowest BCUT2D eigenvalue weighted by Gasteiger charge is -2.12. The lowest BCUT2D eigenvalue weighted by atomic mass is 10.1. The van der Waals surface area contributed by atoms with E-state index in [9.17, 15) is 4.79 Å². The Morgan fingerprint density at radius 3 is 2.53 bits per heavy atom. The number of hydrogen-bond donors (Lipinski definition) is 1. The minimum atomic E-state index is 0.0110. The van der Waals surface area contributed by atoms with E-state index < -0.39 is 0 Å². The highest BCUT2D eigenvalue weighted by Crippen LogP contribution is 2.36. The van der Waals surface area contributed by atoms with E-state index in [1.807, 2.05) is 12.1 Å². The minimum absolute atomic E-state index is 0.0110. The zero-order valence-electron chi connectivity index (χ0n) is 10.2. The predicted molar refractivity (Wildman–Crippen MR) is 64.6 cm³/mol. The van der Waals surface area contributed by atoms with Gasteiger partial charge in [-0.3, -0.25) is 4.79 Å².